The second-order valence-corrected chi connectivity index (χ2v) is 13.7. The van der Waals surface area contributed by atoms with Crippen molar-refractivity contribution in [3.8, 4) is 67.5 Å². The van der Waals surface area contributed by atoms with E-state index in [9.17, 15) is 0 Å². The summed E-state index contributed by atoms with van der Waals surface area (Å²) in [5.74, 6) is 1.94. The van der Waals surface area contributed by atoms with Gasteiger partial charge >= 0.3 is 0 Å². The fourth-order valence-electron chi connectivity index (χ4n) is 7.54. The molecule has 0 radical (unpaired) electrons. The molecule has 10 aromatic rings. The van der Waals surface area contributed by atoms with Crippen LogP contribution in [0.4, 0.5) is 0 Å². The topological polar surface area (TPSA) is 38.7 Å². The summed E-state index contributed by atoms with van der Waals surface area (Å²) in [6.07, 6.45) is 0. The van der Waals surface area contributed by atoms with Gasteiger partial charge in [-0.3, -0.25) is 0 Å². The molecule has 0 aliphatic rings. The van der Waals surface area contributed by atoms with E-state index in [1.54, 1.807) is 0 Å². The van der Waals surface area contributed by atoms with Crippen LogP contribution in [0, 0.1) is 0 Å². The minimum Gasteiger partial charge on any atom is -0.208 e. The molecular weight excluding hydrogens is 655 g/mol. The van der Waals surface area contributed by atoms with E-state index in [2.05, 4.69) is 200 Å². The number of fused-ring (bicyclic) bond motifs is 3. The number of rotatable bonds is 6. The van der Waals surface area contributed by atoms with Crippen LogP contribution < -0.4 is 0 Å². The van der Waals surface area contributed by atoms with Crippen molar-refractivity contribution in [2.45, 2.75) is 0 Å². The van der Waals surface area contributed by atoms with Gasteiger partial charge < -0.3 is 0 Å². The summed E-state index contributed by atoms with van der Waals surface area (Å²) >= 11 is 0. The van der Waals surface area contributed by atoms with Crippen LogP contribution in [0.2, 0.25) is 0 Å². The van der Waals surface area contributed by atoms with E-state index in [0.29, 0.717) is 17.5 Å². The Bertz CT molecular complexity index is 2830. The third-order valence-corrected chi connectivity index (χ3v) is 10.3. The van der Waals surface area contributed by atoms with Gasteiger partial charge in [0.25, 0.3) is 0 Å². The van der Waals surface area contributed by atoms with Gasteiger partial charge in [-0.1, -0.05) is 176 Å². The molecule has 0 aliphatic carbocycles. The van der Waals surface area contributed by atoms with Crippen molar-refractivity contribution in [3.05, 3.63) is 200 Å². The molecule has 1 heterocycles. The fraction of sp³-hybridized carbons (Fsp3) is 0. The molecule has 0 N–H and O–H groups in total. The lowest BCUT2D eigenvalue weighted by atomic mass is 9.87. The van der Waals surface area contributed by atoms with Crippen LogP contribution in [0.25, 0.3) is 99.9 Å². The zero-order chi connectivity index (χ0) is 35.8. The van der Waals surface area contributed by atoms with Gasteiger partial charge in [0, 0.05) is 16.7 Å². The van der Waals surface area contributed by atoms with Crippen molar-refractivity contribution >= 4 is 32.3 Å². The van der Waals surface area contributed by atoms with Crippen molar-refractivity contribution < 1.29 is 0 Å². The molecule has 0 bridgehead atoms. The van der Waals surface area contributed by atoms with E-state index in [1.165, 1.54) is 44.2 Å². The molecule has 0 saturated heterocycles. The Labute approximate surface area is 313 Å². The Hall–Kier alpha value is -7.23. The molecule has 0 aliphatic heterocycles. The first-order chi connectivity index (χ1) is 26.7. The first kappa shape index (κ1) is 31.5. The Kier molecular flexibility index (Phi) is 7.81. The van der Waals surface area contributed by atoms with E-state index < -0.39 is 0 Å². The van der Waals surface area contributed by atoms with Gasteiger partial charge in [0.1, 0.15) is 0 Å². The minimum atomic E-state index is 0.642. The average molecular weight is 688 g/mol. The molecule has 9 aromatic carbocycles. The Balaban J connectivity index is 1.11. The monoisotopic (exact) mass is 687 g/mol. The quantitative estimate of drug-likeness (QED) is 0.175. The summed E-state index contributed by atoms with van der Waals surface area (Å²) < 4.78 is 0. The molecule has 0 spiro atoms. The molecule has 0 fully saturated rings. The lowest BCUT2D eigenvalue weighted by Gasteiger charge is -2.17. The average Bonchev–Trinajstić information content (AvgIpc) is 3.26. The summed E-state index contributed by atoms with van der Waals surface area (Å²) in [6, 6.07) is 70.8. The summed E-state index contributed by atoms with van der Waals surface area (Å²) in [7, 11) is 0. The van der Waals surface area contributed by atoms with E-state index >= 15 is 0 Å². The number of hydrogen-bond acceptors (Lipinski definition) is 3. The van der Waals surface area contributed by atoms with Crippen LogP contribution in [-0.4, -0.2) is 15.0 Å². The first-order valence-electron chi connectivity index (χ1n) is 18.3. The van der Waals surface area contributed by atoms with E-state index in [0.717, 1.165) is 38.2 Å². The third-order valence-electron chi connectivity index (χ3n) is 10.3. The second kappa shape index (κ2) is 13.4. The molecule has 0 atom stereocenters. The predicted molar refractivity (Wildman–Crippen MR) is 225 cm³/mol. The summed E-state index contributed by atoms with van der Waals surface area (Å²) in [6.45, 7) is 0. The third kappa shape index (κ3) is 5.88. The maximum Gasteiger partial charge on any atom is 0.164 e. The van der Waals surface area contributed by atoms with E-state index in [4.69, 9.17) is 15.0 Å². The largest absolute Gasteiger partial charge is 0.208 e. The Morgan fingerprint density at radius 3 is 1.00 bits per heavy atom. The van der Waals surface area contributed by atoms with Crippen LogP contribution in [0.1, 0.15) is 0 Å². The molecule has 252 valence electrons. The van der Waals surface area contributed by atoms with E-state index in [1.807, 2.05) is 0 Å². The Morgan fingerprint density at radius 2 is 0.556 bits per heavy atom. The number of nitrogens with zero attached hydrogens (tertiary/aromatic N) is 3. The smallest absolute Gasteiger partial charge is 0.164 e. The summed E-state index contributed by atoms with van der Waals surface area (Å²) in [5.41, 5.74) is 10.1. The highest BCUT2D eigenvalue weighted by atomic mass is 15.0. The zero-order valence-electron chi connectivity index (χ0n) is 29.4. The second-order valence-electron chi connectivity index (χ2n) is 13.7. The van der Waals surface area contributed by atoms with Gasteiger partial charge in [-0.2, -0.15) is 0 Å². The normalized spacial score (nSPS) is 11.3. The molecule has 1 aromatic heterocycles. The maximum absolute atomic E-state index is 5.11. The fourth-order valence-corrected chi connectivity index (χ4v) is 7.54. The highest BCUT2D eigenvalue weighted by molar-refractivity contribution is 5.99. The summed E-state index contributed by atoms with van der Waals surface area (Å²) in [5, 5.41) is 6.93. The highest BCUT2D eigenvalue weighted by Gasteiger charge is 2.17. The van der Waals surface area contributed by atoms with Crippen LogP contribution in [-0.2, 0) is 0 Å². The number of hydrogen-bond donors (Lipinski definition) is 0. The number of aromatic nitrogens is 3. The maximum atomic E-state index is 5.11. The molecule has 0 amide bonds. The van der Waals surface area contributed by atoms with Crippen molar-refractivity contribution in [2.75, 3.05) is 0 Å². The Morgan fingerprint density at radius 1 is 0.222 bits per heavy atom. The molecule has 10 rings (SSSR count). The molecule has 0 saturated carbocycles. The van der Waals surface area contributed by atoms with Crippen molar-refractivity contribution in [1.29, 1.82) is 0 Å². The zero-order valence-corrected chi connectivity index (χ0v) is 29.4. The van der Waals surface area contributed by atoms with Gasteiger partial charge in [-0.15, -0.1) is 0 Å². The highest BCUT2D eigenvalue weighted by Crippen LogP contribution is 2.41. The molecule has 54 heavy (non-hydrogen) atoms. The van der Waals surface area contributed by atoms with Crippen LogP contribution in [0.3, 0.4) is 0 Å². The molecule has 0 unspecified atom stereocenters. The van der Waals surface area contributed by atoms with Crippen molar-refractivity contribution in [2.24, 2.45) is 0 Å². The first-order valence-corrected chi connectivity index (χ1v) is 18.3. The van der Waals surface area contributed by atoms with Gasteiger partial charge in [0.2, 0.25) is 0 Å². The molecular formula is C51H33N3. The van der Waals surface area contributed by atoms with Crippen LogP contribution in [0.5, 0.6) is 0 Å². The van der Waals surface area contributed by atoms with Crippen LogP contribution >= 0.6 is 0 Å². The SMILES string of the molecule is c1ccc(-c2cccc(-c3ccccc3)c2-c2ccc3cc(-c4nc(-c5ccc6ccccc6c5)nc(-c5ccc6ccccc6c5)n4)ccc3c2)cc1. The van der Waals surface area contributed by atoms with Gasteiger partial charge in [0.05, 0.1) is 0 Å². The van der Waals surface area contributed by atoms with Gasteiger partial charge in [-0.05, 0) is 90.0 Å². The van der Waals surface area contributed by atoms with Crippen molar-refractivity contribution in [1.82, 2.24) is 15.0 Å². The summed E-state index contributed by atoms with van der Waals surface area (Å²) in [4.78, 5) is 15.3. The standard InChI is InChI=1S/C51H33N3/c1-3-14-36(15-4-1)46-20-11-21-47(37-16-5-2-6-17-37)48(46)42-26-24-41-33-45(29-25-40(41)30-42)51-53-49(43-27-22-34-12-7-9-18-38(34)31-43)52-50(54-51)44-28-23-35-13-8-10-19-39(35)32-44/h1-33H. The van der Waals surface area contributed by atoms with Crippen LogP contribution in [0.15, 0.2) is 200 Å². The van der Waals surface area contributed by atoms with E-state index in [-0.39, 0.29) is 0 Å². The lowest BCUT2D eigenvalue weighted by Crippen LogP contribution is -2.00. The van der Waals surface area contributed by atoms with Gasteiger partial charge in [-0.25, -0.2) is 15.0 Å². The molecule has 3 heteroatoms. The van der Waals surface area contributed by atoms with Crippen molar-refractivity contribution in [3.63, 3.8) is 0 Å². The number of benzene rings is 9. The molecule has 3 nitrogen and oxygen atoms in total. The minimum absolute atomic E-state index is 0.642. The van der Waals surface area contributed by atoms with Gasteiger partial charge in [0.15, 0.2) is 17.5 Å². The predicted octanol–water partition coefficient (Wildman–Crippen LogP) is 13.3. The lowest BCUT2D eigenvalue weighted by molar-refractivity contribution is 1.08.